The van der Waals surface area contributed by atoms with Gasteiger partial charge < -0.3 is 54.8 Å². The average Bonchev–Trinajstić information content (AvgIpc) is 3.05. The van der Waals surface area contributed by atoms with Crippen molar-refractivity contribution in [2.45, 2.75) is 6.42 Å². The monoisotopic (exact) mass is 738 g/mol. The lowest BCUT2D eigenvalue weighted by Gasteiger charge is -2.32. The summed E-state index contributed by atoms with van der Waals surface area (Å²) in [5, 5.41) is 30.8. The van der Waals surface area contributed by atoms with Gasteiger partial charge in [0.15, 0.2) is 0 Å². The van der Waals surface area contributed by atoms with Crippen molar-refractivity contribution in [1.82, 2.24) is 24.9 Å². The maximum absolute atomic E-state index is 12.7. The molecular weight excluding hydrogens is 680 g/mol. The van der Waals surface area contributed by atoms with Crippen molar-refractivity contribution in [2.75, 3.05) is 164 Å². The molecule has 0 aromatic carbocycles. The van der Waals surface area contributed by atoms with Crippen molar-refractivity contribution in [3.8, 4) is 0 Å². The van der Waals surface area contributed by atoms with Gasteiger partial charge in [0, 0.05) is 65.3 Å². The fraction of sp³-hybridized carbons (Fsp3) is 0.839. The molecular formula is C31H58N6O14. The molecule has 0 aliphatic carbocycles. The number of carbonyl (C=O) groups excluding carboxylic acids is 2. The van der Waals surface area contributed by atoms with Crippen LogP contribution in [-0.4, -0.2) is 229 Å². The van der Waals surface area contributed by atoms with Crippen molar-refractivity contribution in [2.24, 2.45) is 5.73 Å². The lowest BCUT2D eigenvalue weighted by Crippen LogP contribution is -2.50. The van der Waals surface area contributed by atoms with E-state index < -0.39 is 23.8 Å². The number of carbonyl (C=O) groups is 5. The number of hydrogen-bond acceptors (Lipinski definition) is 15. The molecule has 0 aromatic rings. The van der Waals surface area contributed by atoms with Gasteiger partial charge in [-0.25, -0.2) is 0 Å². The van der Waals surface area contributed by atoms with Crippen LogP contribution < -0.4 is 11.1 Å². The first-order valence-corrected chi connectivity index (χ1v) is 17.1. The highest BCUT2D eigenvalue weighted by Crippen LogP contribution is 2.01. The van der Waals surface area contributed by atoms with Gasteiger partial charge in [0.05, 0.1) is 105 Å². The molecule has 0 unspecified atom stereocenters. The summed E-state index contributed by atoms with van der Waals surface area (Å²) in [5.74, 6) is -3.69. The number of primary amides is 1. The molecule has 0 radical (unpaired) electrons. The fourth-order valence-corrected chi connectivity index (χ4v) is 4.68. The highest BCUT2D eigenvalue weighted by atomic mass is 16.6. The molecule has 0 bridgehead atoms. The number of nitrogens with zero attached hydrogens (tertiary/aromatic N) is 4. The van der Waals surface area contributed by atoms with Gasteiger partial charge >= 0.3 is 17.9 Å². The van der Waals surface area contributed by atoms with E-state index in [1.165, 1.54) is 0 Å². The van der Waals surface area contributed by atoms with Crippen LogP contribution in [0.1, 0.15) is 6.42 Å². The van der Waals surface area contributed by atoms with E-state index >= 15 is 0 Å². The van der Waals surface area contributed by atoms with Crippen molar-refractivity contribution in [3.05, 3.63) is 0 Å². The largest absolute Gasteiger partial charge is 0.480 e. The molecule has 1 heterocycles. The summed E-state index contributed by atoms with van der Waals surface area (Å²) in [7, 11) is 0. The van der Waals surface area contributed by atoms with Gasteiger partial charge in [-0.1, -0.05) is 0 Å². The third-order valence-electron chi connectivity index (χ3n) is 7.30. The second-order valence-corrected chi connectivity index (χ2v) is 11.5. The molecule has 296 valence electrons. The number of ether oxygens (including phenoxy) is 6. The molecule has 1 aliphatic heterocycles. The van der Waals surface area contributed by atoms with E-state index in [2.05, 4.69) is 5.32 Å². The Morgan fingerprint density at radius 1 is 0.451 bits per heavy atom. The van der Waals surface area contributed by atoms with E-state index in [0.717, 1.165) is 0 Å². The van der Waals surface area contributed by atoms with E-state index in [1.807, 2.05) is 4.90 Å². The van der Waals surface area contributed by atoms with Crippen LogP contribution in [0.2, 0.25) is 0 Å². The Balaban J connectivity index is 2.21. The summed E-state index contributed by atoms with van der Waals surface area (Å²) < 4.78 is 32.4. The molecule has 2 amide bonds. The van der Waals surface area contributed by atoms with Crippen LogP contribution in [0.25, 0.3) is 0 Å². The summed E-state index contributed by atoms with van der Waals surface area (Å²) in [5.41, 5.74) is 5.02. The van der Waals surface area contributed by atoms with Crippen molar-refractivity contribution >= 4 is 29.7 Å². The number of carboxylic acid groups (broad SMARTS) is 3. The Labute approximate surface area is 298 Å². The zero-order valence-electron chi connectivity index (χ0n) is 29.6. The van der Waals surface area contributed by atoms with Gasteiger partial charge in [-0.2, -0.15) is 0 Å². The van der Waals surface area contributed by atoms with Crippen LogP contribution in [0.5, 0.6) is 0 Å². The minimum atomic E-state index is -1.02. The van der Waals surface area contributed by atoms with Crippen LogP contribution in [0.3, 0.4) is 0 Å². The summed E-state index contributed by atoms with van der Waals surface area (Å²) in [6.45, 7) is 6.75. The quantitative estimate of drug-likeness (QED) is 0.0468. The predicted octanol–water partition coefficient (Wildman–Crippen LogP) is -3.45. The molecule has 51 heavy (non-hydrogen) atoms. The Morgan fingerprint density at radius 3 is 1.02 bits per heavy atom. The first-order valence-electron chi connectivity index (χ1n) is 17.1. The van der Waals surface area contributed by atoms with E-state index in [1.54, 1.807) is 14.7 Å². The van der Waals surface area contributed by atoms with Gasteiger partial charge in [0.25, 0.3) is 0 Å². The number of carboxylic acids is 3. The molecule has 1 aliphatic rings. The molecule has 0 saturated carbocycles. The SMILES string of the molecule is NC(=O)CCOCCOCCOCCOCCOCCOCCNC(=O)CN1CCN(CC(=O)O)CCN(CC(=O)O)CCN(CC(=O)O)CC1. The molecule has 0 spiro atoms. The molecule has 1 rings (SSSR count). The number of rotatable bonds is 29. The Hall–Kier alpha value is -3.05. The van der Waals surface area contributed by atoms with Gasteiger partial charge in [0.1, 0.15) is 0 Å². The lowest BCUT2D eigenvalue weighted by molar-refractivity contribution is -0.140. The maximum atomic E-state index is 12.7. The topological polar surface area (TPSA) is 252 Å². The smallest absolute Gasteiger partial charge is 0.317 e. The zero-order chi connectivity index (χ0) is 37.5. The van der Waals surface area contributed by atoms with E-state index in [9.17, 15) is 39.3 Å². The maximum Gasteiger partial charge on any atom is 0.317 e. The Morgan fingerprint density at radius 2 is 0.725 bits per heavy atom. The summed E-state index contributed by atoms with van der Waals surface area (Å²) in [6.07, 6.45) is 0.190. The van der Waals surface area contributed by atoms with Gasteiger partial charge in [-0.05, 0) is 0 Å². The van der Waals surface area contributed by atoms with Crippen LogP contribution in [0.15, 0.2) is 0 Å². The number of hydrogen-bond donors (Lipinski definition) is 5. The molecule has 0 aromatic heterocycles. The summed E-state index contributed by atoms with van der Waals surface area (Å²) in [4.78, 5) is 64.4. The summed E-state index contributed by atoms with van der Waals surface area (Å²) in [6, 6.07) is 0. The molecule has 0 atom stereocenters. The average molecular weight is 739 g/mol. The fourth-order valence-electron chi connectivity index (χ4n) is 4.68. The second kappa shape index (κ2) is 30.6. The molecule has 20 heteroatoms. The second-order valence-electron chi connectivity index (χ2n) is 11.5. The van der Waals surface area contributed by atoms with Gasteiger partial charge in [0.2, 0.25) is 11.8 Å². The third kappa shape index (κ3) is 29.2. The standard InChI is InChI=1S/C31H58N6O14/c32-27(38)1-11-46-13-15-48-17-19-50-21-22-51-20-18-49-16-14-47-12-2-33-28(39)23-34-3-5-35(24-29(40)41)7-9-37(26-31(44)45)10-8-36(6-4-34)25-30(42)43/h1-26H2,(H2,32,38)(H,33,39)(H,40,41)(H,42,43)(H,44,45). The number of amides is 2. The molecule has 20 nitrogen and oxygen atoms in total. The van der Waals surface area contributed by atoms with Crippen molar-refractivity contribution < 1.29 is 67.7 Å². The highest BCUT2D eigenvalue weighted by Gasteiger charge is 2.21. The number of nitrogens with two attached hydrogens (primary N) is 1. The summed E-state index contributed by atoms with van der Waals surface area (Å²) >= 11 is 0. The number of nitrogens with one attached hydrogen (secondary N) is 1. The lowest BCUT2D eigenvalue weighted by atomic mass is 10.3. The molecule has 1 saturated heterocycles. The van der Waals surface area contributed by atoms with Crippen LogP contribution in [0, 0.1) is 0 Å². The normalized spacial score (nSPS) is 15.9. The molecule has 6 N–H and O–H groups in total. The third-order valence-corrected chi connectivity index (χ3v) is 7.30. The minimum absolute atomic E-state index is 0.0329. The Kier molecular flexibility index (Phi) is 27.6. The predicted molar refractivity (Wildman–Crippen MR) is 180 cm³/mol. The van der Waals surface area contributed by atoms with E-state index in [0.29, 0.717) is 118 Å². The van der Waals surface area contributed by atoms with Crippen molar-refractivity contribution in [3.63, 3.8) is 0 Å². The molecule has 1 fully saturated rings. The Bertz CT molecular complexity index is 949. The zero-order valence-corrected chi connectivity index (χ0v) is 29.6. The van der Waals surface area contributed by atoms with Crippen LogP contribution >= 0.6 is 0 Å². The first kappa shape index (κ1) is 46.0. The highest BCUT2D eigenvalue weighted by molar-refractivity contribution is 5.78. The van der Waals surface area contributed by atoms with Crippen LogP contribution in [-0.2, 0) is 52.4 Å². The number of aliphatic carboxylic acids is 3. The van der Waals surface area contributed by atoms with E-state index in [-0.39, 0.29) is 58.3 Å². The van der Waals surface area contributed by atoms with Crippen molar-refractivity contribution in [1.29, 1.82) is 0 Å². The first-order chi connectivity index (χ1) is 24.5. The van der Waals surface area contributed by atoms with Crippen LogP contribution in [0.4, 0.5) is 0 Å². The van der Waals surface area contributed by atoms with Gasteiger partial charge in [-0.15, -0.1) is 0 Å². The van der Waals surface area contributed by atoms with E-state index in [4.69, 9.17) is 34.2 Å². The minimum Gasteiger partial charge on any atom is -0.480 e. The van der Waals surface area contributed by atoms with Gasteiger partial charge in [-0.3, -0.25) is 43.6 Å².